The number of fused-ring (bicyclic) bond motifs is 4. The lowest BCUT2D eigenvalue weighted by molar-refractivity contribution is -0.137. The minimum absolute atomic E-state index is 0.0128. The number of rotatable bonds is 23. The fraction of sp³-hybridized carbons (Fsp3) is 0.257. The van der Waals surface area contributed by atoms with Crippen LogP contribution in [-0.4, -0.2) is 175 Å². The maximum absolute atomic E-state index is 14.1. The zero-order valence-corrected chi connectivity index (χ0v) is 79.3. The standard InChI is InChI=1S/C29H26N4O4.C29H27N3O3.C28H30ClN3O4.C23H21F2N3O4/c1-3-32-18-23(25(20-10-5-4-6-11-20)21-12-7-9-19(2)15-21)33-26(28(32)35)27(24(34)17-31-33)37-29(36)22-13-8-14-30-16-22;1-19(2)31-18-24(32-27(29(31)35)28(34)25(33)17-30-32)26(21-12-7-4-8-13-21)23-15-9-14-22(16-23)20-10-5-3-6-11-20;1-16(2)28(35)36-26-23(33)14-30-32-22(15-31(17(3)4)27(34)25(26)32)24(19-9-6-8-18(5)12-19)20-10-7-11-21(29)13-20;1-32-9-8-27-13-18(28-21(23(27)31)22(30)19(29)12-26-28)20(14-4-2-6-16(24)10-14)15-5-3-7-17(25)11-15/h4-17,23,25H,3,18H2,1-2H3;3-17,19,24,26,34H,18H2,1-2H3;6-14,16-17,22,24H,15H2,1-5H3;2-7,10-12,18,20,30H,8-9,13H2,1H3. The van der Waals surface area contributed by atoms with Gasteiger partial charge in [0.2, 0.25) is 33.2 Å². The summed E-state index contributed by atoms with van der Waals surface area (Å²) in [7, 11) is 1.49. The number of aromatic nitrogens is 9. The molecule has 140 heavy (non-hydrogen) atoms. The fourth-order valence-electron chi connectivity index (χ4n) is 18.5. The van der Waals surface area contributed by atoms with Gasteiger partial charge in [-0.15, -0.1) is 0 Å². The highest BCUT2D eigenvalue weighted by atomic mass is 35.5. The third kappa shape index (κ3) is 21.3. The third-order valence-corrected chi connectivity index (χ3v) is 25.5. The van der Waals surface area contributed by atoms with Crippen LogP contribution in [0.2, 0.25) is 5.02 Å². The first-order valence-corrected chi connectivity index (χ1v) is 46.3. The summed E-state index contributed by atoms with van der Waals surface area (Å²) in [5.41, 5.74) is 8.79. The van der Waals surface area contributed by atoms with E-state index in [0.29, 0.717) is 42.3 Å². The second-order valence-corrected chi connectivity index (χ2v) is 35.9. The molecule has 716 valence electrons. The van der Waals surface area contributed by atoms with Gasteiger partial charge in [-0.2, -0.15) is 20.4 Å². The Morgan fingerprint density at radius 1 is 0.407 bits per heavy atom. The molecule has 4 aliphatic rings. The van der Waals surface area contributed by atoms with Crippen molar-refractivity contribution in [3.8, 4) is 34.1 Å². The van der Waals surface area contributed by atoms with Crippen molar-refractivity contribution in [1.29, 1.82) is 0 Å². The number of hydrogen-bond acceptors (Lipinski definition) is 20. The van der Waals surface area contributed by atoms with Crippen molar-refractivity contribution in [3.05, 3.63) is 427 Å². The van der Waals surface area contributed by atoms with E-state index in [1.807, 2.05) is 176 Å². The predicted molar refractivity (Wildman–Crippen MR) is 524 cm³/mol. The fourth-order valence-corrected chi connectivity index (χ4v) is 18.7. The zero-order chi connectivity index (χ0) is 99.4. The molecule has 0 aliphatic carbocycles. The Balaban J connectivity index is 0.000000141. The lowest BCUT2D eigenvalue weighted by atomic mass is 9.82. The molecule has 4 aliphatic heterocycles. The topological polar surface area (TPSA) is 336 Å². The molecule has 0 fully saturated rings. The van der Waals surface area contributed by atoms with Crippen LogP contribution in [0.5, 0.6) is 23.0 Å². The molecule has 0 spiro atoms. The summed E-state index contributed by atoms with van der Waals surface area (Å²) >= 11 is 6.40. The highest BCUT2D eigenvalue weighted by Crippen LogP contribution is 2.47. The van der Waals surface area contributed by atoms with Gasteiger partial charge in [0, 0.05) is 99.5 Å². The van der Waals surface area contributed by atoms with Gasteiger partial charge in [-0.25, -0.2) is 13.6 Å². The maximum Gasteiger partial charge on any atom is 0.345 e. The van der Waals surface area contributed by atoms with E-state index in [4.69, 9.17) is 25.8 Å². The molecule has 4 amide bonds. The highest BCUT2D eigenvalue weighted by Gasteiger charge is 2.46. The molecule has 7 unspecified atom stereocenters. The number of pyridine rings is 1. The van der Waals surface area contributed by atoms with Crippen molar-refractivity contribution in [3.63, 3.8) is 0 Å². The van der Waals surface area contributed by atoms with E-state index in [0.717, 1.165) is 80.4 Å². The van der Waals surface area contributed by atoms with E-state index >= 15 is 0 Å². The van der Waals surface area contributed by atoms with E-state index in [2.05, 4.69) is 86.0 Å². The van der Waals surface area contributed by atoms with Gasteiger partial charge in [0.05, 0.1) is 67.0 Å². The number of benzene rings is 9. The van der Waals surface area contributed by atoms with Gasteiger partial charge in [-0.05, 0) is 153 Å². The van der Waals surface area contributed by atoms with Crippen molar-refractivity contribution in [1.82, 2.24) is 63.7 Å². The molecule has 0 saturated carbocycles. The van der Waals surface area contributed by atoms with Gasteiger partial charge in [-0.1, -0.05) is 237 Å². The second-order valence-electron chi connectivity index (χ2n) is 35.4. The lowest BCUT2D eigenvalue weighted by Crippen LogP contribution is -2.50. The number of aryl methyl sites for hydroxylation is 2. The number of carbonyl (C=O) groups is 6. The number of hydrogen-bond donors (Lipinski definition) is 2. The number of likely N-dealkylation sites (N-methyl/N-ethyl adjacent to an activating group) is 1. The smallest absolute Gasteiger partial charge is 0.345 e. The van der Waals surface area contributed by atoms with Gasteiger partial charge in [0.25, 0.3) is 23.6 Å². The van der Waals surface area contributed by atoms with Crippen LogP contribution in [0.3, 0.4) is 0 Å². The maximum atomic E-state index is 14.1. The summed E-state index contributed by atoms with van der Waals surface area (Å²) in [4.78, 5) is 139. The predicted octanol–water partition coefficient (Wildman–Crippen LogP) is 16.6. The molecule has 28 nitrogen and oxygen atoms in total. The second kappa shape index (κ2) is 43.7. The number of carbonyl (C=O) groups excluding carboxylic acids is 6. The van der Waals surface area contributed by atoms with E-state index in [-0.39, 0.29) is 107 Å². The Kier molecular flexibility index (Phi) is 30.8. The molecule has 0 saturated heterocycles. The van der Waals surface area contributed by atoms with E-state index in [1.165, 1.54) is 59.4 Å². The molecule has 9 aromatic carbocycles. The molecular formula is C109H104ClF2N13O15. The van der Waals surface area contributed by atoms with Gasteiger partial charge in [-0.3, -0.25) is 66.9 Å². The number of halogens is 3. The monoisotopic (exact) mass is 1910 g/mol. The summed E-state index contributed by atoms with van der Waals surface area (Å²) < 4.78 is 50.4. The molecular weight excluding hydrogens is 1800 g/mol. The van der Waals surface area contributed by atoms with Crippen LogP contribution < -0.4 is 31.2 Å². The molecule has 2 N–H and O–H groups in total. The van der Waals surface area contributed by atoms with E-state index < -0.39 is 98.4 Å². The van der Waals surface area contributed by atoms with Gasteiger partial charge >= 0.3 is 11.9 Å². The number of aromatic hydroxyl groups is 2. The minimum Gasteiger partial charge on any atom is -0.502 e. The first kappa shape index (κ1) is 98.7. The average molecular weight is 1910 g/mol. The number of amides is 4. The number of ether oxygens (including phenoxy) is 3. The minimum atomic E-state index is -0.787. The zero-order valence-electron chi connectivity index (χ0n) is 78.6. The average Bonchev–Trinajstić information content (AvgIpc) is 0.731. The molecule has 14 aromatic rings. The van der Waals surface area contributed by atoms with Crippen LogP contribution in [-0.2, 0) is 9.53 Å². The first-order valence-electron chi connectivity index (χ1n) is 45.9. The van der Waals surface area contributed by atoms with Crippen molar-refractivity contribution in [2.45, 2.75) is 122 Å². The lowest BCUT2D eigenvalue weighted by Gasteiger charge is -2.41. The Morgan fingerprint density at radius 2 is 0.786 bits per heavy atom. The van der Waals surface area contributed by atoms with Crippen molar-refractivity contribution >= 4 is 47.2 Å². The SMILES string of the molecule is CC(C)N1CC(C(c2ccccc2)c2cccc(-c3ccccc3)c2)n2ncc(=O)c(O)c2C1=O.CCN1CC(C(c2ccccc2)c2cccc(C)c2)n2ncc(=O)c(OC(=O)c3cccnc3)c2C1=O.COCCN1CC(C(c2cccc(F)c2)c2cccc(F)c2)n2ncc(=O)c(O)c2C1=O.Cc1cccc(C(c2cccc(Cl)c2)C2CN(C(C)C)C(=O)c3c(OC(=O)C(C)C)c(=O)cnn32)c1. The highest BCUT2D eigenvalue weighted by molar-refractivity contribution is 6.30. The summed E-state index contributed by atoms with van der Waals surface area (Å²) in [6, 6.07) is 75.6. The summed E-state index contributed by atoms with van der Waals surface area (Å²) in [5, 5.41) is 38.9. The Hall–Kier alpha value is -15.8. The van der Waals surface area contributed by atoms with Crippen molar-refractivity contribution in [2.75, 3.05) is 53.0 Å². The van der Waals surface area contributed by atoms with Gasteiger partial charge < -0.3 is 44.0 Å². The normalized spacial score (nSPS) is 16.0. The Morgan fingerprint density at radius 3 is 1.24 bits per heavy atom. The Labute approximate surface area is 810 Å². The molecule has 0 bridgehead atoms. The van der Waals surface area contributed by atoms with Crippen LogP contribution in [0.15, 0.2) is 305 Å². The molecule has 9 heterocycles. The van der Waals surface area contributed by atoms with Crippen LogP contribution in [0.4, 0.5) is 8.78 Å². The van der Waals surface area contributed by atoms with Crippen LogP contribution in [0, 0.1) is 31.4 Å². The quantitative estimate of drug-likeness (QED) is 0.0562. The van der Waals surface area contributed by atoms with E-state index in [1.54, 1.807) is 72.9 Å². The number of nitrogens with zero attached hydrogens (tertiary/aromatic N) is 13. The van der Waals surface area contributed by atoms with Crippen LogP contribution >= 0.6 is 11.6 Å². The van der Waals surface area contributed by atoms with E-state index in [9.17, 15) is 66.9 Å². The third-order valence-electron chi connectivity index (χ3n) is 25.2. The van der Waals surface area contributed by atoms with Gasteiger partial charge in [0.15, 0.2) is 34.3 Å². The molecule has 0 radical (unpaired) electrons. The van der Waals surface area contributed by atoms with Gasteiger partial charge in [0.1, 0.15) is 11.6 Å². The van der Waals surface area contributed by atoms with Crippen LogP contribution in [0.25, 0.3) is 11.1 Å². The van der Waals surface area contributed by atoms with Crippen molar-refractivity contribution in [2.24, 2.45) is 5.92 Å². The van der Waals surface area contributed by atoms with Crippen molar-refractivity contribution < 1.29 is 62.0 Å². The number of esters is 2. The first-order chi connectivity index (χ1) is 67.4. The molecule has 31 heteroatoms. The Bertz CT molecular complexity index is 7100. The summed E-state index contributed by atoms with van der Waals surface area (Å²) in [6.45, 7) is 19.1. The largest absolute Gasteiger partial charge is 0.502 e. The van der Waals surface area contributed by atoms with Crippen LogP contribution in [0.1, 0.15) is 204 Å². The summed E-state index contributed by atoms with van der Waals surface area (Å²) in [5.74, 6) is -7.64. The number of methoxy groups -OCH3 is 1. The molecule has 7 atom stereocenters. The molecule has 18 rings (SSSR count). The summed E-state index contributed by atoms with van der Waals surface area (Å²) in [6.07, 6.45) is 7.12. The molecule has 5 aromatic heterocycles.